The predicted molar refractivity (Wildman–Crippen MR) is 117 cm³/mol. The van der Waals surface area contributed by atoms with E-state index < -0.39 is 4.92 Å². The van der Waals surface area contributed by atoms with Crippen LogP contribution in [0.3, 0.4) is 0 Å². The monoisotopic (exact) mass is 451 g/mol. The summed E-state index contributed by atoms with van der Waals surface area (Å²) < 4.78 is 17.9. The zero-order valence-electron chi connectivity index (χ0n) is 16.7. The molecule has 1 aliphatic heterocycles. The number of hydrogen-bond donors (Lipinski definition) is 0. The molecule has 162 valence electrons. The van der Waals surface area contributed by atoms with Crippen LogP contribution in [0.2, 0.25) is 0 Å². The summed E-state index contributed by atoms with van der Waals surface area (Å²) >= 11 is 1.31. The van der Waals surface area contributed by atoms with Crippen LogP contribution in [-0.4, -0.2) is 21.3 Å². The van der Waals surface area contributed by atoms with Crippen LogP contribution in [0.25, 0.3) is 10.9 Å². The second-order valence-electron chi connectivity index (χ2n) is 7.13. The molecule has 0 amide bonds. The van der Waals surface area contributed by atoms with Crippen molar-refractivity contribution in [2.75, 3.05) is 6.79 Å². The van der Waals surface area contributed by atoms with Gasteiger partial charge in [0.15, 0.2) is 11.9 Å². The number of fused-ring (bicyclic) bond motifs is 2. The molecule has 0 saturated carbocycles. The Kier molecular flexibility index (Phi) is 5.38. The van der Waals surface area contributed by atoms with Crippen LogP contribution in [-0.2, 0) is 23.6 Å². The minimum Gasteiger partial charge on any atom is -0.467 e. The van der Waals surface area contributed by atoms with E-state index in [9.17, 15) is 14.9 Å². The van der Waals surface area contributed by atoms with Crippen molar-refractivity contribution in [3.05, 3.63) is 92.1 Å². The summed E-state index contributed by atoms with van der Waals surface area (Å²) in [4.78, 5) is 28.8. The van der Waals surface area contributed by atoms with Gasteiger partial charge in [-0.15, -0.1) is 0 Å². The standard InChI is InChI=1S/C22H17N3O6S/c26-21-18-5-1-2-6-19(18)23-22(24(21)10-17-4-3-7-30-17)32-12-15-9-16(25(27)28)8-14-11-29-13-31-20(14)15/h1-9H,10-13H2. The van der Waals surface area contributed by atoms with Gasteiger partial charge in [0, 0.05) is 29.0 Å². The number of rotatable bonds is 6. The zero-order valence-corrected chi connectivity index (χ0v) is 17.5. The zero-order chi connectivity index (χ0) is 22.1. The highest BCUT2D eigenvalue weighted by molar-refractivity contribution is 7.98. The van der Waals surface area contributed by atoms with Crippen molar-refractivity contribution >= 4 is 28.4 Å². The summed E-state index contributed by atoms with van der Waals surface area (Å²) in [6, 6.07) is 13.7. The molecule has 4 aromatic rings. The average molecular weight is 451 g/mol. The Morgan fingerprint density at radius 2 is 2.06 bits per heavy atom. The first-order chi connectivity index (χ1) is 15.6. The van der Waals surface area contributed by atoms with Crippen LogP contribution in [0.1, 0.15) is 16.9 Å². The van der Waals surface area contributed by atoms with E-state index in [4.69, 9.17) is 13.9 Å². The first kappa shape index (κ1) is 20.3. The predicted octanol–water partition coefficient (Wildman–Crippen LogP) is 4.10. The molecular formula is C22H17N3O6S. The van der Waals surface area contributed by atoms with E-state index in [0.29, 0.717) is 44.4 Å². The van der Waals surface area contributed by atoms with Gasteiger partial charge in [-0.05, 0) is 24.3 Å². The molecule has 32 heavy (non-hydrogen) atoms. The van der Waals surface area contributed by atoms with Gasteiger partial charge in [0.1, 0.15) is 11.5 Å². The Labute approximate surface area is 185 Å². The fraction of sp³-hybridized carbons (Fsp3) is 0.182. The van der Waals surface area contributed by atoms with Crippen molar-refractivity contribution < 1.29 is 18.8 Å². The summed E-state index contributed by atoms with van der Waals surface area (Å²) in [5.41, 5.74) is 1.64. The summed E-state index contributed by atoms with van der Waals surface area (Å²) in [5, 5.41) is 12.4. The molecule has 0 N–H and O–H groups in total. The number of nitro groups is 1. The lowest BCUT2D eigenvalue weighted by atomic mass is 10.1. The molecule has 0 aliphatic carbocycles. The van der Waals surface area contributed by atoms with E-state index in [1.54, 1.807) is 41.2 Å². The Morgan fingerprint density at radius 3 is 2.88 bits per heavy atom. The molecule has 1 aliphatic rings. The first-order valence-corrected chi connectivity index (χ1v) is 10.7. The number of para-hydroxylation sites is 1. The highest BCUT2D eigenvalue weighted by atomic mass is 32.2. The van der Waals surface area contributed by atoms with Crippen LogP contribution in [0.4, 0.5) is 5.69 Å². The molecule has 0 atom stereocenters. The van der Waals surface area contributed by atoms with Crippen molar-refractivity contribution in [1.82, 2.24) is 9.55 Å². The molecule has 0 spiro atoms. The van der Waals surface area contributed by atoms with Crippen molar-refractivity contribution in [2.24, 2.45) is 0 Å². The SMILES string of the molecule is O=c1c2ccccc2nc(SCc2cc([N+](=O)[O-])cc3c2OCOC3)n1Cc1ccco1. The van der Waals surface area contributed by atoms with E-state index in [0.717, 1.165) is 0 Å². The van der Waals surface area contributed by atoms with Crippen LogP contribution >= 0.6 is 11.8 Å². The topological polar surface area (TPSA) is 110 Å². The number of non-ortho nitro benzene ring substituents is 1. The van der Waals surface area contributed by atoms with E-state index in [1.165, 1.54) is 23.9 Å². The van der Waals surface area contributed by atoms with E-state index in [-0.39, 0.29) is 31.2 Å². The van der Waals surface area contributed by atoms with Gasteiger partial charge >= 0.3 is 0 Å². The third-order valence-electron chi connectivity index (χ3n) is 5.06. The number of nitrogens with zero attached hydrogens (tertiary/aromatic N) is 3. The Bertz CT molecular complexity index is 1370. The number of thioether (sulfide) groups is 1. The maximum absolute atomic E-state index is 13.2. The van der Waals surface area contributed by atoms with E-state index >= 15 is 0 Å². The number of benzene rings is 2. The second kappa shape index (κ2) is 8.48. The lowest BCUT2D eigenvalue weighted by Gasteiger charge is -2.20. The third-order valence-corrected chi connectivity index (χ3v) is 6.09. The van der Waals surface area contributed by atoms with Crippen molar-refractivity contribution in [3.63, 3.8) is 0 Å². The van der Waals surface area contributed by atoms with Gasteiger partial charge in [-0.3, -0.25) is 19.5 Å². The average Bonchev–Trinajstić information content (AvgIpc) is 3.32. The quantitative estimate of drug-likeness (QED) is 0.186. The molecule has 2 aromatic carbocycles. The normalized spacial score (nSPS) is 13.0. The molecule has 5 rings (SSSR count). The minimum absolute atomic E-state index is 0.0344. The summed E-state index contributed by atoms with van der Waals surface area (Å²) in [6.07, 6.45) is 1.55. The smallest absolute Gasteiger partial charge is 0.270 e. The second-order valence-corrected chi connectivity index (χ2v) is 8.07. The van der Waals surface area contributed by atoms with Gasteiger partial charge in [0.05, 0.1) is 35.2 Å². The van der Waals surface area contributed by atoms with Crippen molar-refractivity contribution in [2.45, 2.75) is 24.1 Å². The largest absolute Gasteiger partial charge is 0.467 e. The molecule has 3 heterocycles. The van der Waals surface area contributed by atoms with Gasteiger partial charge < -0.3 is 13.9 Å². The molecule has 0 unspecified atom stereocenters. The molecule has 0 bridgehead atoms. The van der Waals surface area contributed by atoms with Gasteiger partial charge in [0.25, 0.3) is 11.2 Å². The molecule has 9 nitrogen and oxygen atoms in total. The first-order valence-electron chi connectivity index (χ1n) is 9.75. The number of nitro benzene ring substituents is 1. The lowest BCUT2D eigenvalue weighted by Crippen LogP contribution is -2.23. The van der Waals surface area contributed by atoms with Gasteiger partial charge in [-0.1, -0.05) is 23.9 Å². The lowest BCUT2D eigenvalue weighted by molar-refractivity contribution is -0.385. The van der Waals surface area contributed by atoms with Crippen LogP contribution < -0.4 is 10.3 Å². The molecule has 2 aromatic heterocycles. The molecule has 0 saturated heterocycles. The fourth-order valence-electron chi connectivity index (χ4n) is 3.59. The van der Waals surface area contributed by atoms with Crippen LogP contribution in [0.15, 0.2) is 69.2 Å². The molecule has 10 heteroatoms. The number of furan rings is 1. The highest BCUT2D eigenvalue weighted by Gasteiger charge is 2.22. The van der Waals surface area contributed by atoms with Crippen molar-refractivity contribution in [1.29, 1.82) is 0 Å². The number of ether oxygens (including phenoxy) is 2. The minimum atomic E-state index is -0.440. The van der Waals surface area contributed by atoms with E-state index in [2.05, 4.69) is 4.98 Å². The highest BCUT2D eigenvalue weighted by Crippen LogP contribution is 2.36. The number of aromatic nitrogens is 2. The Morgan fingerprint density at radius 1 is 1.19 bits per heavy atom. The summed E-state index contributed by atoms with van der Waals surface area (Å²) in [6.45, 7) is 0.551. The van der Waals surface area contributed by atoms with Crippen LogP contribution in [0.5, 0.6) is 5.75 Å². The van der Waals surface area contributed by atoms with Gasteiger partial charge in [-0.25, -0.2) is 4.98 Å². The third kappa shape index (κ3) is 3.85. The van der Waals surface area contributed by atoms with Gasteiger partial charge in [-0.2, -0.15) is 0 Å². The van der Waals surface area contributed by atoms with Crippen LogP contribution in [0, 0.1) is 10.1 Å². The molecule has 0 fully saturated rings. The number of hydrogen-bond acceptors (Lipinski definition) is 8. The Hall–Kier alpha value is -3.63. The fourth-order valence-corrected chi connectivity index (χ4v) is 4.56. The maximum Gasteiger partial charge on any atom is 0.270 e. The maximum atomic E-state index is 13.2. The summed E-state index contributed by atoms with van der Waals surface area (Å²) in [7, 11) is 0. The van der Waals surface area contributed by atoms with E-state index in [1.807, 2.05) is 6.07 Å². The Balaban J connectivity index is 1.55. The summed E-state index contributed by atoms with van der Waals surface area (Å²) in [5.74, 6) is 1.53. The van der Waals surface area contributed by atoms with Crippen molar-refractivity contribution in [3.8, 4) is 5.75 Å². The molecular weight excluding hydrogens is 434 g/mol. The molecule has 0 radical (unpaired) electrons. The van der Waals surface area contributed by atoms with Gasteiger partial charge in [0.2, 0.25) is 0 Å².